The number of benzene rings is 2. The van der Waals surface area contributed by atoms with Gasteiger partial charge < -0.3 is 20.1 Å². The van der Waals surface area contributed by atoms with E-state index in [0.29, 0.717) is 19.8 Å². The van der Waals surface area contributed by atoms with Crippen molar-refractivity contribution in [2.45, 2.75) is 32.6 Å². The summed E-state index contributed by atoms with van der Waals surface area (Å²) < 4.78 is 11.2. The van der Waals surface area contributed by atoms with Crippen molar-refractivity contribution in [2.75, 3.05) is 27.3 Å². The van der Waals surface area contributed by atoms with Crippen LogP contribution < -0.4 is 10.6 Å². The number of nitrogens with zero attached hydrogens (tertiary/aromatic N) is 1. The molecule has 0 radical (unpaired) electrons. The fourth-order valence-corrected chi connectivity index (χ4v) is 2.79. The molecule has 0 bridgehead atoms. The van der Waals surface area contributed by atoms with Crippen LogP contribution in [0.2, 0.25) is 0 Å². The Morgan fingerprint density at radius 2 is 1.70 bits per heavy atom. The van der Waals surface area contributed by atoms with Crippen LogP contribution in [-0.2, 0) is 22.6 Å². The second kappa shape index (κ2) is 12.1. The van der Waals surface area contributed by atoms with E-state index in [-0.39, 0.29) is 6.10 Å². The third kappa shape index (κ3) is 7.41. The SMILES string of the molecule is CN=C(NCCCOC(C)c1ccccc1)NCc1ccccc1COC. The minimum absolute atomic E-state index is 0.112. The zero-order valence-corrected chi connectivity index (χ0v) is 16.6. The maximum Gasteiger partial charge on any atom is 0.191 e. The number of guanidine groups is 1. The molecule has 5 nitrogen and oxygen atoms in total. The lowest BCUT2D eigenvalue weighted by molar-refractivity contribution is 0.0646. The van der Waals surface area contributed by atoms with Crippen molar-refractivity contribution in [1.29, 1.82) is 0 Å². The highest BCUT2D eigenvalue weighted by atomic mass is 16.5. The van der Waals surface area contributed by atoms with Crippen molar-refractivity contribution >= 4 is 5.96 Å². The largest absolute Gasteiger partial charge is 0.380 e. The predicted molar refractivity (Wildman–Crippen MR) is 111 cm³/mol. The standard InChI is InChI=1S/C22H31N3O2/c1-18(19-10-5-4-6-11-19)27-15-9-14-24-22(23-2)25-16-20-12-7-8-13-21(20)17-26-3/h4-8,10-13,18H,9,14-17H2,1-3H3,(H2,23,24,25). The topological polar surface area (TPSA) is 54.9 Å². The van der Waals surface area contributed by atoms with Gasteiger partial charge in [0.05, 0.1) is 12.7 Å². The molecule has 146 valence electrons. The van der Waals surface area contributed by atoms with Crippen molar-refractivity contribution in [3.8, 4) is 0 Å². The fourth-order valence-electron chi connectivity index (χ4n) is 2.79. The number of hydrogen-bond donors (Lipinski definition) is 2. The summed E-state index contributed by atoms with van der Waals surface area (Å²) in [6.07, 6.45) is 1.03. The molecular weight excluding hydrogens is 338 g/mol. The maximum atomic E-state index is 5.90. The molecular formula is C22H31N3O2. The first-order valence-electron chi connectivity index (χ1n) is 9.41. The molecule has 0 saturated heterocycles. The van der Waals surface area contributed by atoms with Crippen LogP contribution in [0.15, 0.2) is 59.6 Å². The first kappa shape index (κ1) is 20.9. The van der Waals surface area contributed by atoms with Crippen molar-refractivity contribution in [1.82, 2.24) is 10.6 Å². The van der Waals surface area contributed by atoms with Crippen molar-refractivity contribution < 1.29 is 9.47 Å². The van der Waals surface area contributed by atoms with Crippen LogP contribution in [0.1, 0.15) is 36.1 Å². The van der Waals surface area contributed by atoms with Gasteiger partial charge in [-0.25, -0.2) is 0 Å². The molecule has 0 aliphatic carbocycles. The molecule has 0 aromatic heterocycles. The molecule has 2 N–H and O–H groups in total. The Balaban J connectivity index is 1.67. The smallest absolute Gasteiger partial charge is 0.191 e. The molecule has 1 unspecified atom stereocenters. The van der Waals surface area contributed by atoms with E-state index < -0.39 is 0 Å². The van der Waals surface area contributed by atoms with Gasteiger partial charge in [-0.3, -0.25) is 4.99 Å². The Morgan fingerprint density at radius 3 is 2.41 bits per heavy atom. The molecule has 2 rings (SSSR count). The van der Waals surface area contributed by atoms with Gasteiger partial charge in [0.2, 0.25) is 0 Å². The Labute approximate surface area is 162 Å². The summed E-state index contributed by atoms with van der Waals surface area (Å²) in [6.45, 7) is 4.92. The average Bonchev–Trinajstić information content (AvgIpc) is 2.71. The number of aliphatic imine (C=N–C) groups is 1. The van der Waals surface area contributed by atoms with Crippen molar-refractivity contribution in [3.05, 3.63) is 71.3 Å². The number of methoxy groups -OCH3 is 1. The van der Waals surface area contributed by atoms with Gasteiger partial charge in [-0.2, -0.15) is 0 Å². The van der Waals surface area contributed by atoms with Crippen LogP contribution in [0.25, 0.3) is 0 Å². The van der Waals surface area contributed by atoms with Crippen LogP contribution in [0.4, 0.5) is 0 Å². The van der Waals surface area contributed by atoms with E-state index in [1.165, 1.54) is 16.7 Å². The van der Waals surface area contributed by atoms with E-state index in [1.807, 2.05) is 30.3 Å². The van der Waals surface area contributed by atoms with Gasteiger partial charge in [-0.1, -0.05) is 54.6 Å². The number of nitrogens with one attached hydrogen (secondary N) is 2. The summed E-state index contributed by atoms with van der Waals surface area (Å²) in [5.74, 6) is 0.790. The molecule has 0 aliphatic heterocycles. The quantitative estimate of drug-likeness (QED) is 0.381. The lowest BCUT2D eigenvalue weighted by Gasteiger charge is -2.15. The van der Waals surface area contributed by atoms with Crippen LogP contribution in [0.3, 0.4) is 0 Å². The van der Waals surface area contributed by atoms with Gasteiger partial charge >= 0.3 is 0 Å². The molecule has 1 atom stereocenters. The Bertz CT molecular complexity index is 689. The first-order valence-corrected chi connectivity index (χ1v) is 9.41. The van der Waals surface area contributed by atoms with Crippen LogP contribution in [0.5, 0.6) is 0 Å². The van der Waals surface area contributed by atoms with E-state index in [1.54, 1.807) is 14.2 Å². The number of hydrogen-bond acceptors (Lipinski definition) is 3. The molecule has 0 fully saturated rings. The van der Waals surface area contributed by atoms with Gasteiger partial charge in [-0.05, 0) is 30.0 Å². The Kier molecular flexibility index (Phi) is 9.38. The highest BCUT2D eigenvalue weighted by molar-refractivity contribution is 5.79. The van der Waals surface area contributed by atoms with E-state index in [2.05, 4.69) is 46.8 Å². The monoisotopic (exact) mass is 369 g/mol. The van der Waals surface area contributed by atoms with Gasteiger partial charge in [0.15, 0.2) is 5.96 Å². The summed E-state index contributed by atoms with van der Waals surface area (Å²) in [5.41, 5.74) is 3.60. The van der Waals surface area contributed by atoms with Crippen molar-refractivity contribution in [3.63, 3.8) is 0 Å². The van der Waals surface area contributed by atoms with Gasteiger partial charge in [0.25, 0.3) is 0 Å². The highest BCUT2D eigenvalue weighted by Gasteiger charge is 2.05. The third-order valence-electron chi connectivity index (χ3n) is 4.34. The molecule has 0 aliphatic rings. The average molecular weight is 370 g/mol. The first-order chi connectivity index (χ1) is 13.2. The summed E-state index contributed by atoms with van der Waals surface area (Å²) in [6, 6.07) is 18.5. The van der Waals surface area contributed by atoms with Crippen LogP contribution in [0, 0.1) is 0 Å². The molecule has 0 spiro atoms. The van der Waals surface area contributed by atoms with E-state index in [9.17, 15) is 0 Å². The van der Waals surface area contributed by atoms with Crippen LogP contribution >= 0.6 is 0 Å². The summed E-state index contributed by atoms with van der Waals surface area (Å²) in [5, 5.41) is 6.68. The van der Waals surface area contributed by atoms with Crippen LogP contribution in [-0.4, -0.2) is 33.3 Å². The fraction of sp³-hybridized carbons (Fsp3) is 0.409. The summed E-state index contributed by atoms with van der Waals surface area (Å²) >= 11 is 0. The summed E-state index contributed by atoms with van der Waals surface area (Å²) in [4.78, 5) is 4.28. The van der Waals surface area contributed by atoms with Gasteiger partial charge in [0.1, 0.15) is 0 Å². The minimum atomic E-state index is 0.112. The van der Waals surface area contributed by atoms with Gasteiger partial charge in [-0.15, -0.1) is 0 Å². The Morgan fingerprint density at radius 1 is 1.00 bits per heavy atom. The molecule has 27 heavy (non-hydrogen) atoms. The van der Waals surface area contributed by atoms with E-state index in [4.69, 9.17) is 9.47 Å². The molecule has 0 saturated carbocycles. The zero-order chi connectivity index (χ0) is 19.3. The predicted octanol–water partition coefficient (Wildman–Crippen LogP) is 3.67. The van der Waals surface area contributed by atoms with Crippen molar-refractivity contribution in [2.24, 2.45) is 4.99 Å². The normalized spacial score (nSPS) is 12.6. The Hall–Kier alpha value is -2.37. The van der Waals surface area contributed by atoms with E-state index in [0.717, 1.165) is 18.9 Å². The van der Waals surface area contributed by atoms with Gasteiger partial charge in [0, 0.05) is 33.9 Å². The lowest BCUT2D eigenvalue weighted by Crippen LogP contribution is -2.37. The molecule has 0 heterocycles. The number of rotatable bonds is 10. The minimum Gasteiger partial charge on any atom is -0.380 e. The molecule has 2 aromatic rings. The lowest BCUT2D eigenvalue weighted by atomic mass is 10.1. The third-order valence-corrected chi connectivity index (χ3v) is 4.34. The number of ether oxygens (including phenoxy) is 2. The highest BCUT2D eigenvalue weighted by Crippen LogP contribution is 2.15. The second-order valence-corrected chi connectivity index (χ2v) is 6.33. The second-order valence-electron chi connectivity index (χ2n) is 6.33. The molecule has 2 aromatic carbocycles. The molecule has 0 amide bonds. The maximum absolute atomic E-state index is 5.90. The van der Waals surface area contributed by atoms with E-state index >= 15 is 0 Å². The summed E-state index contributed by atoms with van der Waals surface area (Å²) in [7, 11) is 3.50. The molecule has 5 heteroatoms. The zero-order valence-electron chi connectivity index (χ0n) is 16.6.